The van der Waals surface area contributed by atoms with E-state index in [-0.39, 0.29) is 12.5 Å². The van der Waals surface area contributed by atoms with Gasteiger partial charge in [0.1, 0.15) is 5.75 Å². The SMILES string of the molecule is CCc1cccc(N2Cc3ccccc3OCC2=O)c1. The second-order valence-corrected chi connectivity index (χ2v) is 4.90. The van der Waals surface area contributed by atoms with Gasteiger partial charge in [-0.15, -0.1) is 0 Å². The first-order chi connectivity index (χ1) is 9.78. The molecule has 1 amide bonds. The normalized spacial score (nSPS) is 14.4. The number of para-hydroxylation sites is 1. The maximum Gasteiger partial charge on any atom is 0.265 e. The van der Waals surface area contributed by atoms with Crippen LogP contribution in [0.3, 0.4) is 0 Å². The number of aryl methyl sites for hydroxylation is 1. The summed E-state index contributed by atoms with van der Waals surface area (Å²) in [5, 5.41) is 0. The highest BCUT2D eigenvalue weighted by atomic mass is 16.5. The van der Waals surface area contributed by atoms with Gasteiger partial charge in [-0.3, -0.25) is 4.79 Å². The van der Waals surface area contributed by atoms with Gasteiger partial charge in [0.05, 0.1) is 6.54 Å². The zero-order valence-corrected chi connectivity index (χ0v) is 11.5. The van der Waals surface area contributed by atoms with E-state index < -0.39 is 0 Å². The van der Waals surface area contributed by atoms with Crippen LogP contribution in [-0.2, 0) is 17.8 Å². The van der Waals surface area contributed by atoms with Gasteiger partial charge in [0.15, 0.2) is 6.61 Å². The largest absolute Gasteiger partial charge is 0.483 e. The van der Waals surface area contributed by atoms with Crippen molar-refractivity contribution in [2.75, 3.05) is 11.5 Å². The number of carbonyl (C=O) groups is 1. The smallest absolute Gasteiger partial charge is 0.265 e. The van der Waals surface area contributed by atoms with E-state index in [0.717, 1.165) is 23.4 Å². The van der Waals surface area contributed by atoms with E-state index in [2.05, 4.69) is 19.1 Å². The Balaban J connectivity index is 1.97. The molecule has 3 rings (SSSR count). The highest BCUT2D eigenvalue weighted by Gasteiger charge is 2.22. The van der Waals surface area contributed by atoms with Gasteiger partial charge in [-0.2, -0.15) is 0 Å². The van der Waals surface area contributed by atoms with Crippen molar-refractivity contribution in [2.24, 2.45) is 0 Å². The van der Waals surface area contributed by atoms with Crippen LogP contribution in [-0.4, -0.2) is 12.5 Å². The summed E-state index contributed by atoms with van der Waals surface area (Å²) in [6, 6.07) is 15.9. The van der Waals surface area contributed by atoms with Crippen LogP contribution >= 0.6 is 0 Å². The number of hydrogen-bond acceptors (Lipinski definition) is 2. The van der Waals surface area contributed by atoms with Crippen LogP contribution in [0.5, 0.6) is 5.75 Å². The van der Waals surface area contributed by atoms with Gasteiger partial charge >= 0.3 is 0 Å². The molecular weight excluding hydrogens is 250 g/mol. The minimum Gasteiger partial charge on any atom is -0.483 e. The summed E-state index contributed by atoms with van der Waals surface area (Å²) >= 11 is 0. The van der Waals surface area contributed by atoms with Crippen molar-refractivity contribution in [3.63, 3.8) is 0 Å². The molecule has 0 unspecified atom stereocenters. The van der Waals surface area contributed by atoms with Crippen LogP contribution in [0.2, 0.25) is 0 Å². The topological polar surface area (TPSA) is 29.5 Å². The Hall–Kier alpha value is -2.29. The molecule has 0 saturated heterocycles. The van der Waals surface area contributed by atoms with Crippen LogP contribution < -0.4 is 9.64 Å². The predicted octanol–water partition coefficient (Wildman–Crippen LogP) is 3.17. The van der Waals surface area contributed by atoms with E-state index in [9.17, 15) is 4.79 Å². The summed E-state index contributed by atoms with van der Waals surface area (Å²) in [5.74, 6) is 0.796. The van der Waals surface area contributed by atoms with Crippen molar-refractivity contribution in [3.8, 4) is 5.75 Å². The highest BCUT2D eigenvalue weighted by Crippen LogP contribution is 2.27. The summed E-state index contributed by atoms with van der Waals surface area (Å²) in [6.45, 7) is 2.76. The molecule has 0 spiro atoms. The van der Waals surface area contributed by atoms with Crippen molar-refractivity contribution in [1.82, 2.24) is 0 Å². The van der Waals surface area contributed by atoms with E-state index in [1.54, 1.807) is 4.90 Å². The summed E-state index contributed by atoms with van der Waals surface area (Å²) in [7, 11) is 0. The lowest BCUT2D eigenvalue weighted by Crippen LogP contribution is -2.32. The Morgan fingerprint density at radius 3 is 2.85 bits per heavy atom. The summed E-state index contributed by atoms with van der Waals surface area (Å²) in [6.07, 6.45) is 0.961. The molecule has 0 radical (unpaired) electrons. The van der Waals surface area contributed by atoms with E-state index in [1.165, 1.54) is 5.56 Å². The first-order valence-corrected chi connectivity index (χ1v) is 6.88. The Morgan fingerprint density at radius 2 is 2.00 bits per heavy atom. The van der Waals surface area contributed by atoms with Crippen molar-refractivity contribution in [2.45, 2.75) is 19.9 Å². The lowest BCUT2D eigenvalue weighted by Gasteiger charge is -2.20. The summed E-state index contributed by atoms with van der Waals surface area (Å²) < 4.78 is 5.58. The van der Waals surface area contributed by atoms with Gasteiger partial charge in [-0.1, -0.05) is 37.3 Å². The molecule has 0 N–H and O–H groups in total. The first-order valence-electron chi connectivity index (χ1n) is 6.88. The highest BCUT2D eigenvalue weighted by molar-refractivity contribution is 5.95. The molecule has 102 valence electrons. The first kappa shape index (κ1) is 12.7. The maximum absolute atomic E-state index is 12.3. The van der Waals surface area contributed by atoms with Crippen LogP contribution in [0.25, 0.3) is 0 Å². The molecule has 0 aromatic heterocycles. The number of anilines is 1. The van der Waals surface area contributed by atoms with Crippen LogP contribution in [0.1, 0.15) is 18.1 Å². The van der Waals surface area contributed by atoms with Crippen LogP contribution in [0.15, 0.2) is 48.5 Å². The third-order valence-corrected chi connectivity index (χ3v) is 3.58. The summed E-state index contributed by atoms with van der Waals surface area (Å²) in [4.78, 5) is 14.1. The summed E-state index contributed by atoms with van der Waals surface area (Å²) in [5.41, 5.74) is 3.21. The van der Waals surface area contributed by atoms with E-state index in [4.69, 9.17) is 4.74 Å². The van der Waals surface area contributed by atoms with Crippen LogP contribution in [0.4, 0.5) is 5.69 Å². The molecule has 0 bridgehead atoms. The molecule has 1 aliphatic heterocycles. The lowest BCUT2D eigenvalue weighted by molar-refractivity contribution is -0.120. The minimum atomic E-state index is -0.00514. The van der Waals surface area contributed by atoms with Crippen LogP contribution in [0, 0.1) is 0 Å². The number of fused-ring (bicyclic) bond motifs is 1. The molecule has 3 heteroatoms. The van der Waals surface area contributed by atoms with Crippen molar-refractivity contribution in [3.05, 3.63) is 59.7 Å². The molecular formula is C17H17NO2. The van der Waals surface area contributed by atoms with E-state index in [0.29, 0.717) is 6.54 Å². The monoisotopic (exact) mass is 267 g/mol. The minimum absolute atomic E-state index is 0.00514. The molecule has 20 heavy (non-hydrogen) atoms. The Morgan fingerprint density at radius 1 is 1.15 bits per heavy atom. The van der Waals surface area contributed by atoms with Gasteiger partial charge in [0.25, 0.3) is 5.91 Å². The molecule has 0 fully saturated rings. The fourth-order valence-electron chi connectivity index (χ4n) is 2.43. The molecule has 0 aliphatic carbocycles. The number of carbonyl (C=O) groups excluding carboxylic acids is 1. The second-order valence-electron chi connectivity index (χ2n) is 4.90. The van der Waals surface area contributed by atoms with Gasteiger partial charge in [0.2, 0.25) is 0 Å². The van der Waals surface area contributed by atoms with Crippen molar-refractivity contribution >= 4 is 11.6 Å². The quantitative estimate of drug-likeness (QED) is 0.836. The molecule has 2 aromatic carbocycles. The molecule has 0 atom stereocenters. The average molecular weight is 267 g/mol. The third-order valence-electron chi connectivity index (χ3n) is 3.58. The average Bonchev–Trinajstić information content (AvgIpc) is 2.67. The molecule has 3 nitrogen and oxygen atoms in total. The zero-order valence-electron chi connectivity index (χ0n) is 11.5. The number of ether oxygens (including phenoxy) is 1. The Kier molecular flexibility index (Phi) is 3.42. The third kappa shape index (κ3) is 2.39. The molecule has 1 heterocycles. The van der Waals surface area contributed by atoms with Crippen molar-refractivity contribution < 1.29 is 9.53 Å². The number of benzene rings is 2. The maximum atomic E-state index is 12.3. The van der Waals surface area contributed by atoms with Gasteiger partial charge in [-0.25, -0.2) is 0 Å². The fourth-order valence-corrected chi connectivity index (χ4v) is 2.43. The zero-order chi connectivity index (χ0) is 13.9. The van der Waals surface area contributed by atoms with E-state index in [1.807, 2.05) is 36.4 Å². The molecule has 1 aliphatic rings. The number of hydrogen-bond donors (Lipinski definition) is 0. The fraction of sp³-hybridized carbons (Fsp3) is 0.235. The predicted molar refractivity (Wildman–Crippen MR) is 78.9 cm³/mol. The molecule has 2 aromatic rings. The van der Waals surface area contributed by atoms with Crippen molar-refractivity contribution in [1.29, 1.82) is 0 Å². The Bertz CT molecular complexity index is 636. The van der Waals surface area contributed by atoms with Gasteiger partial charge < -0.3 is 9.64 Å². The Labute approximate surface area is 118 Å². The molecule has 0 saturated carbocycles. The second kappa shape index (κ2) is 5.37. The number of nitrogens with zero attached hydrogens (tertiary/aromatic N) is 1. The standard InChI is InChI=1S/C17H17NO2/c1-2-13-6-5-8-15(10-13)18-11-14-7-3-4-9-16(14)20-12-17(18)19/h3-10H,2,11-12H2,1H3. The van der Waals surface area contributed by atoms with E-state index >= 15 is 0 Å². The lowest BCUT2D eigenvalue weighted by atomic mass is 10.1. The number of rotatable bonds is 2. The van der Waals surface area contributed by atoms with Gasteiger partial charge in [-0.05, 0) is 30.2 Å². The number of amides is 1. The van der Waals surface area contributed by atoms with Gasteiger partial charge in [0, 0.05) is 11.3 Å².